The van der Waals surface area contributed by atoms with E-state index in [-0.39, 0.29) is 0 Å². The molecule has 3 nitrogen and oxygen atoms in total. The SMILES string of the molecule is NNCC1CNC1. The Labute approximate surface area is 43.2 Å². The van der Waals surface area contributed by atoms with Crippen molar-refractivity contribution in [3.8, 4) is 0 Å². The first kappa shape index (κ1) is 5.03. The molecule has 0 radical (unpaired) electrons. The van der Waals surface area contributed by atoms with Crippen LogP contribution in [-0.4, -0.2) is 19.6 Å². The van der Waals surface area contributed by atoms with E-state index in [0.717, 1.165) is 25.6 Å². The number of nitrogens with two attached hydrogens (primary N) is 1. The maximum Gasteiger partial charge on any atom is 0.0150 e. The molecule has 0 saturated carbocycles. The summed E-state index contributed by atoms with van der Waals surface area (Å²) in [6, 6.07) is 0. The summed E-state index contributed by atoms with van der Waals surface area (Å²) in [6.45, 7) is 3.21. The highest BCUT2D eigenvalue weighted by Gasteiger charge is 2.14. The summed E-state index contributed by atoms with van der Waals surface area (Å²) in [5.74, 6) is 5.84. The first-order valence-electron chi connectivity index (χ1n) is 2.57. The van der Waals surface area contributed by atoms with Crippen LogP contribution in [0.4, 0.5) is 0 Å². The Bertz CT molecular complexity index is 50.9. The molecule has 1 aliphatic heterocycles. The quantitative estimate of drug-likeness (QED) is 0.298. The van der Waals surface area contributed by atoms with Crippen molar-refractivity contribution in [2.45, 2.75) is 0 Å². The summed E-state index contributed by atoms with van der Waals surface area (Å²) in [5.41, 5.74) is 2.63. The molecule has 42 valence electrons. The predicted molar refractivity (Wildman–Crippen MR) is 28.5 cm³/mol. The largest absolute Gasteiger partial charge is 0.316 e. The molecule has 0 atom stereocenters. The van der Waals surface area contributed by atoms with Gasteiger partial charge in [-0.15, -0.1) is 0 Å². The number of hydrogen-bond donors (Lipinski definition) is 3. The first-order chi connectivity index (χ1) is 3.43. The van der Waals surface area contributed by atoms with E-state index < -0.39 is 0 Å². The van der Waals surface area contributed by atoms with E-state index in [1.54, 1.807) is 0 Å². The third-order valence-electron chi connectivity index (χ3n) is 1.27. The van der Waals surface area contributed by atoms with Gasteiger partial charge in [0.2, 0.25) is 0 Å². The number of hydrazine groups is 1. The van der Waals surface area contributed by atoms with Crippen LogP contribution in [-0.2, 0) is 0 Å². The van der Waals surface area contributed by atoms with Gasteiger partial charge in [-0.2, -0.15) is 0 Å². The van der Waals surface area contributed by atoms with Crippen molar-refractivity contribution in [3.05, 3.63) is 0 Å². The molecule has 0 bridgehead atoms. The Morgan fingerprint density at radius 2 is 2.43 bits per heavy atom. The summed E-state index contributed by atoms with van der Waals surface area (Å²) in [4.78, 5) is 0. The van der Waals surface area contributed by atoms with Gasteiger partial charge in [-0.1, -0.05) is 0 Å². The second-order valence-corrected chi connectivity index (χ2v) is 1.93. The van der Waals surface area contributed by atoms with Crippen molar-refractivity contribution in [1.29, 1.82) is 0 Å². The van der Waals surface area contributed by atoms with E-state index in [1.165, 1.54) is 0 Å². The zero-order chi connectivity index (χ0) is 5.11. The van der Waals surface area contributed by atoms with Crippen molar-refractivity contribution in [3.63, 3.8) is 0 Å². The molecule has 0 spiro atoms. The molecule has 0 aromatic heterocycles. The predicted octanol–water partition coefficient (Wildman–Crippen LogP) is -1.33. The zero-order valence-electron chi connectivity index (χ0n) is 4.28. The van der Waals surface area contributed by atoms with Crippen LogP contribution in [0.2, 0.25) is 0 Å². The molecule has 1 rings (SSSR count). The van der Waals surface area contributed by atoms with Gasteiger partial charge < -0.3 is 5.32 Å². The maximum atomic E-state index is 5.06. The summed E-state index contributed by atoms with van der Waals surface area (Å²) in [5, 5.41) is 3.15. The molecule has 0 amide bonds. The molecule has 4 N–H and O–H groups in total. The monoisotopic (exact) mass is 101 g/mol. The Hall–Kier alpha value is -0.120. The molecule has 0 aromatic rings. The van der Waals surface area contributed by atoms with Crippen LogP contribution < -0.4 is 16.6 Å². The van der Waals surface area contributed by atoms with Crippen molar-refractivity contribution >= 4 is 0 Å². The van der Waals surface area contributed by atoms with Crippen molar-refractivity contribution in [2.75, 3.05) is 19.6 Å². The van der Waals surface area contributed by atoms with E-state index in [9.17, 15) is 0 Å². The molecule has 0 aromatic carbocycles. The van der Waals surface area contributed by atoms with Crippen LogP contribution in [0.3, 0.4) is 0 Å². The lowest BCUT2D eigenvalue weighted by Crippen LogP contribution is -2.48. The van der Waals surface area contributed by atoms with Gasteiger partial charge in [-0.3, -0.25) is 11.3 Å². The topological polar surface area (TPSA) is 50.1 Å². The van der Waals surface area contributed by atoms with Crippen LogP contribution in [0.5, 0.6) is 0 Å². The average Bonchev–Trinajstić information content (AvgIpc) is 1.55. The van der Waals surface area contributed by atoms with Gasteiger partial charge in [-0.25, -0.2) is 0 Å². The van der Waals surface area contributed by atoms with Gasteiger partial charge in [0, 0.05) is 19.6 Å². The summed E-state index contributed by atoms with van der Waals surface area (Å²) in [7, 11) is 0. The minimum Gasteiger partial charge on any atom is -0.316 e. The van der Waals surface area contributed by atoms with Gasteiger partial charge in [0.1, 0.15) is 0 Å². The third kappa shape index (κ3) is 1.12. The Morgan fingerprint density at radius 3 is 2.57 bits per heavy atom. The third-order valence-corrected chi connectivity index (χ3v) is 1.27. The van der Waals surface area contributed by atoms with E-state index >= 15 is 0 Å². The second-order valence-electron chi connectivity index (χ2n) is 1.93. The number of hydrogen-bond acceptors (Lipinski definition) is 3. The fraction of sp³-hybridized carbons (Fsp3) is 1.00. The summed E-state index contributed by atoms with van der Waals surface area (Å²) in [6.07, 6.45) is 0. The first-order valence-corrected chi connectivity index (χ1v) is 2.57. The average molecular weight is 101 g/mol. The van der Waals surface area contributed by atoms with Crippen LogP contribution >= 0.6 is 0 Å². The Morgan fingerprint density at radius 1 is 1.71 bits per heavy atom. The smallest absolute Gasteiger partial charge is 0.0150 e. The highest BCUT2D eigenvalue weighted by Crippen LogP contribution is 1.97. The lowest BCUT2D eigenvalue weighted by Gasteiger charge is -2.26. The minimum absolute atomic E-state index is 0.782. The molecule has 7 heavy (non-hydrogen) atoms. The molecule has 3 heteroatoms. The molecular weight excluding hydrogens is 90.1 g/mol. The van der Waals surface area contributed by atoms with Crippen molar-refractivity contribution < 1.29 is 0 Å². The van der Waals surface area contributed by atoms with Crippen LogP contribution in [0.25, 0.3) is 0 Å². The van der Waals surface area contributed by atoms with Crippen molar-refractivity contribution in [1.82, 2.24) is 10.7 Å². The highest BCUT2D eigenvalue weighted by molar-refractivity contribution is 4.74. The number of nitrogens with one attached hydrogen (secondary N) is 2. The lowest BCUT2D eigenvalue weighted by atomic mass is 10.0. The Balaban J connectivity index is 1.93. The van der Waals surface area contributed by atoms with E-state index in [0.29, 0.717) is 0 Å². The standard InChI is InChI=1S/C4H11N3/c5-7-3-4-1-6-2-4/h4,6-7H,1-3,5H2. The normalized spacial score (nSPS) is 21.9. The van der Waals surface area contributed by atoms with E-state index in [1.807, 2.05) is 0 Å². The van der Waals surface area contributed by atoms with Gasteiger partial charge in [-0.05, 0) is 5.92 Å². The summed E-state index contributed by atoms with van der Waals surface area (Å²) < 4.78 is 0. The molecule has 1 heterocycles. The van der Waals surface area contributed by atoms with Gasteiger partial charge in [0.15, 0.2) is 0 Å². The molecule has 0 aliphatic carbocycles. The minimum atomic E-state index is 0.782. The van der Waals surface area contributed by atoms with Gasteiger partial charge in [0.05, 0.1) is 0 Å². The Kier molecular flexibility index (Phi) is 1.62. The molecular formula is C4H11N3. The second kappa shape index (κ2) is 2.26. The molecule has 1 saturated heterocycles. The number of rotatable bonds is 2. The molecule has 1 aliphatic rings. The molecule has 0 unspecified atom stereocenters. The maximum absolute atomic E-state index is 5.06. The van der Waals surface area contributed by atoms with E-state index in [2.05, 4.69) is 10.7 Å². The van der Waals surface area contributed by atoms with E-state index in [4.69, 9.17) is 5.84 Å². The van der Waals surface area contributed by atoms with Gasteiger partial charge >= 0.3 is 0 Å². The fourth-order valence-corrected chi connectivity index (χ4v) is 0.659. The van der Waals surface area contributed by atoms with Gasteiger partial charge in [0.25, 0.3) is 0 Å². The lowest BCUT2D eigenvalue weighted by molar-refractivity contribution is 0.334. The zero-order valence-corrected chi connectivity index (χ0v) is 4.28. The van der Waals surface area contributed by atoms with Crippen molar-refractivity contribution in [2.24, 2.45) is 11.8 Å². The van der Waals surface area contributed by atoms with Crippen LogP contribution in [0, 0.1) is 5.92 Å². The fourth-order valence-electron chi connectivity index (χ4n) is 0.659. The van der Waals surface area contributed by atoms with Crippen LogP contribution in [0.1, 0.15) is 0 Å². The van der Waals surface area contributed by atoms with Crippen LogP contribution in [0.15, 0.2) is 0 Å². The summed E-state index contributed by atoms with van der Waals surface area (Å²) >= 11 is 0. The molecule has 1 fully saturated rings. The highest BCUT2D eigenvalue weighted by atomic mass is 15.2.